The number of urea groups is 1. The Kier molecular flexibility index (Phi) is 6.63. The quantitative estimate of drug-likeness (QED) is 0.659. The van der Waals surface area contributed by atoms with Crippen molar-refractivity contribution in [3.63, 3.8) is 0 Å². The Morgan fingerprint density at radius 2 is 1.58 bits per heavy atom. The predicted octanol–water partition coefficient (Wildman–Crippen LogP) is 5.08. The molecule has 3 amide bonds. The number of nitrogens with one attached hydrogen (secondary N) is 2. The summed E-state index contributed by atoms with van der Waals surface area (Å²) in [4.78, 5) is 21.7. The van der Waals surface area contributed by atoms with Gasteiger partial charge in [0.1, 0.15) is 5.75 Å². The fraction of sp³-hybridized carbons (Fsp3) is 0.125. The van der Waals surface area contributed by atoms with Crippen molar-refractivity contribution in [1.29, 1.82) is 0 Å². The molecule has 0 aliphatic carbocycles. The number of carbonyl (C=O) groups excluding carboxylic acids is 2. The van der Waals surface area contributed by atoms with Crippen LogP contribution in [0.1, 0.15) is 10.4 Å². The molecule has 0 radical (unpaired) electrons. The molecule has 2 N–H and O–H groups in total. The zero-order chi connectivity index (χ0) is 19.3. The average Bonchev–Trinajstić information content (AvgIpc) is 2.56. The van der Waals surface area contributed by atoms with Crippen molar-refractivity contribution in [3.8, 4) is 5.75 Å². The smallest absolute Gasteiger partial charge is 0.428 e. The van der Waals surface area contributed by atoms with Gasteiger partial charge in [-0.05, 0) is 48.5 Å². The number of hydrogen-bond donors (Lipinski definition) is 2. The fourth-order valence-electron chi connectivity index (χ4n) is 1.75. The molecule has 2 aromatic carbocycles. The topological polar surface area (TPSA) is 67.4 Å². The lowest BCUT2D eigenvalue weighted by Crippen LogP contribution is -2.34. The maximum absolute atomic E-state index is 13.3. The van der Waals surface area contributed by atoms with Crippen LogP contribution in [0.5, 0.6) is 5.75 Å². The van der Waals surface area contributed by atoms with Crippen molar-refractivity contribution in [2.45, 2.75) is 10.9 Å². The lowest BCUT2D eigenvalue weighted by atomic mass is 10.2. The molecule has 26 heavy (non-hydrogen) atoms. The van der Waals surface area contributed by atoms with Gasteiger partial charge >= 0.3 is 12.1 Å². The Hall–Kier alpha value is -2.09. The van der Waals surface area contributed by atoms with Crippen molar-refractivity contribution >= 4 is 52.4 Å². The molecule has 0 spiro atoms. The molecule has 0 unspecified atom stereocenters. The third-order valence-electron chi connectivity index (χ3n) is 2.95. The summed E-state index contributed by atoms with van der Waals surface area (Å²) in [5.74, 6) is -0.835. The molecule has 5 nitrogen and oxygen atoms in total. The van der Waals surface area contributed by atoms with E-state index in [1.165, 1.54) is 48.5 Å². The fourth-order valence-corrected chi connectivity index (χ4v) is 1.96. The molecule has 0 aliphatic heterocycles. The van der Waals surface area contributed by atoms with E-state index in [-0.39, 0.29) is 17.0 Å². The van der Waals surface area contributed by atoms with Crippen LogP contribution in [0.2, 0.25) is 5.02 Å². The van der Waals surface area contributed by atoms with Crippen LogP contribution in [0.3, 0.4) is 0 Å². The zero-order valence-electron chi connectivity index (χ0n) is 12.8. The molecule has 138 valence electrons. The van der Waals surface area contributed by atoms with E-state index in [0.717, 1.165) is 0 Å². The molecule has 2 aromatic rings. The van der Waals surface area contributed by atoms with E-state index in [9.17, 15) is 18.4 Å². The Morgan fingerprint density at radius 1 is 1.00 bits per heavy atom. The molecule has 2 rings (SSSR count). The summed E-state index contributed by atoms with van der Waals surface area (Å²) < 4.78 is 30.9. The first-order valence-corrected chi connectivity index (χ1v) is 8.25. The highest BCUT2D eigenvalue weighted by atomic mass is 35.5. The van der Waals surface area contributed by atoms with Gasteiger partial charge in [0.05, 0.1) is 0 Å². The maximum Gasteiger partial charge on any atom is 0.428 e. The number of halogens is 5. The van der Waals surface area contributed by atoms with Gasteiger partial charge in [-0.2, -0.15) is 8.78 Å². The van der Waals surface area contributed by atoms with Crippen molar-refractivity contribution < 1.29 is 23.1 Å². The minimum Gasteiger partial charge on any atom is -0.431 e. The van der Waals surface area contributed by atoms with Gasteiger partial charge in [0.2, 0.25) is 4.84 Å². The van der Waals surface area contributed by atoms with E-state index >= 15 is 0 Å². The molecule has 0 atom stereocenters. The predicted molar refractivity (Wildman–Crippen MR) is 95.4 cm³/mol. The van der Waals surface area contributed by atoms with Crippen LogP contribution in [-0.2, 0) is 0 Å². The molecule has 10 heteroatoms. The van der Waals surface area contributed by atoms with Gasteiger partial charge in [0, 0.05) is 16.3 Å². The SMILES string of the molecule is O=C(NC(=O)c1ccc(Cl)cc1)Nc1ccc(OC(F)(F)C(Cl)Cl)cc1. The molecule has 0 heterocycles. The van der Waals surface area contributed by atoms with E-state index < -0.39 is 22.9 Å². The van der Waals surface area contributed by atoms with Crippen LogP contribution in [0, 0.1) is 0 Å². The van der Waals surface area contributed by atoms with Crippen LogP contribution >= 0.6 is 34.8 Å². The minimum absolute atomic E-state index is 0.204. The lowest BCUT2D eigenvalue weighted by Gasteiger charge is -2.18. The van der Waals surface area contributed by atoms with Crippen molar-refractivity contribution in [3.05, 3.63) is 59.1 Å². The number of alkyl halides is 4. The number of anilines is 1. The second kappa shape index (κ2) is 8.53. The summed E-state index contributed by atoms with van der Waals surface area (Å²) in [6.45, 7) is 0. The van der Waals surface area contributed by atoms with Crippen molar-refractivity contribution in [2.24, 2.45) is 0 Å². The van der Waals surface area contributed by atoms with Crippen LogP contribution in [0.15, 0.2) is 48.5 Å². The molecule has 0 aliphatic rings. The van der Waals surface area contributed by atoms with E-state index in [0.29, 0.717) is 5.02 Å². The first kappa shape index (κ1) is 20.2. The first-order chi connectivity index (χ1) is 12.2. The summed E-state index contributed by atoms with van der Waals surface area (Å²) in [6, 6.07) is 10.1. The number of benzene rings is 2. The van der Waals surface area contributed by atoms with Crippen molar-refractivity contribution in [1.82, 2.24) is 5.32 Å². The van der Waals surface area contributed by atoms with Crippen LogP contribution in [-0.4, -0.2) is 22.9 Å². The highest BCUT2D eigenvalue weighted by Crippen LogP contribution is 2.30. The Labute approximate surface area is 162 Å². The first-order valence-electron chi connectivity index (χ1n) is 7.00. The van der Waals surface area contributed by atoms with Gasteiger partial charge in [-0.25, -0.2) is 4.79 Å². The normalized spacial score (nSPS) is 11.2. The molecular weight excluding hydrogens is 413 g/mol. The monoisotopic (exact) mass is 422 g/mol. The molecule has 0 saturated heterocycles. The molecule has 0 bridgehead atoms. The Morgan fingerprint density at radius 3 is 2.12 bits per heavy atom. The van der Waals surface area contributed by atoms with E-state index in [1.54, 1.807) is 0 Å². The maximum atomic E-state index is 13.3. The number of amides is 3. The average molecular weight is 424 g/mol. The second-order valence-electron chi connectivity index (χ2n) is 4.90. The number of hydrogen-bond acceptors (Lipinski definition) is 3. The number of carbonyl (C=O) groups is 2. The molecule has 0 saturated carbocycles. The summed E-state index contributed by atoms with van der Waals surface area (Å²) in [5.41, 5.74) is 0.489. The highest BCUT2D eigenvalue weighted by molar-refractivity contribution is 6.44. The Balaban J connectivity index is 1.93. The van der Waals surface area contributed by atoms with Gasteiger partial charge in [0.25, 0.3) is 5.91 Å². The number of ether oxygens (including phenoxy) is 1. The van der Waals surface area contributed by atoms with Gasteiger partial charge in [-0.1, -0.05) is 34.8 Å². The van der Waals surface area contributed by atoms with Gasteiger partial charge < -0.3 is 10.1 Å². The third kappa shape index (κ3) is 5.72. The van der Waals surface area contributed by atoms with Crippen LogP contribution in [0.25, 0.3) is 0 Å². The molecule has 0 fully saturated rings. The molecular formula is C16H11Cl3F2N2O3. The summed E-state index contributed by atoms with van der Waals surface area (Å²) in [7, 11) is 0. The summed E-state index contributed by atoms with van der Waals surface area (Å²) in [5, 5.41) is 4.94. The minimum atomic E-state index is -3.76. The van der Waals surface area contributed by atoms with E-state index in [1.807, 2.05) is 0 Å². The zero-order valence-corrected chi connectivity index (χ0v) is 15.1. The standard InChI is InChI=1S/C16H11Cl3F2N2O3/c17-10-3-1-9(2-4-10)13(24)23-15(25)22-11-5-7-12(8-6-11)26-16(20,21)14(18)19/h1-8,14H,(H2,22,23,24,25). The number of imide groups is 1. The lowest BCUT2D eigenvalue weighted by molar-refractivity contribution is -0.163. The van der Waals surface area contributed by atoms with Gasteiger partial charge in [-0.3, -0.25) is 10.1 Å². The van der Waals surface area contributed by atoms with E-state index in [4.69, 9.17) is 34.8 Å². The summed E-state index contributed by atoms with van der Waals surface area (Å²) >= 11 is 15.9. The third-order valence-corrected chi connectivity index (χ3v) is 3.71. The van der Waals surface area contributed by atoms with Crippen molar-refractivity contribution in [2.75, 3.05) is 5.32 Å². The number of rotatable bonds is 5. The van der Waals surface area contributed by atoms with Gasteiger partial charge in [0.15, 0.2) is 0 Å². The Bertz CT molecular complexity index is 784. The largest absolute Gasteiger partial charge is 0.431 e. The van der Waals surface area contributed by atoms with E-state index in [2.05, 4.69) is 15.4 Å². The van der Waals surface area contributed by atoms with Crippen LogP contribution in [0.4, 0.5) is 19.3 Å². The highest BCUT2D eigenvalue weighted by Gasteiger charge is 2.40. The van der Waals surface area contributed by atoms with Crippen LogP contribution < -0.4 is 15.4 Å². The molecule has 0 aromatic heterocycles. The second-order valence-corrected chi connectivity index (χ2v) is 6.44. The summed E-state index contributed by atoms with van der Waals surface area (Å²) in [6.07, 6.45) is -3.76. The van der Waals surface area contributed by atoms with Gasteiger partial charge in [-0.15, -0.1) is 0 Å².